The van der Waals surface area contributed by atoms with Crippen molar-refractivity contribution in [2.24, 2.45) is 7.05 Å². The van der Waals surface area contributed by atoms with Gasteiger partial charge in [-0.05, 0) is 48.7 Å². The van der Waals surface area contributed by atoms with E-state index in [0.717, 1.165) is 19.3 Å². The van der Waals surface area contributed by atoms with Crippen LogP contribution >= 0.6 is 11.6 Å². The minimum Gasteiger partial charge on any atom is -0.338 e. The molecule has 1 atom stereocenters. The number of aryl methyl sites for hydroxylation is 1. The summed E-state index contributed by atoms with van der Waals surface area (Å²) in [5.74, 6) is -0.467. The van der Waals surface area contributed by atoms with Gasteiger partial charge in [0, 0.05) is 38.1 Å². The number of halogens is 2. The smallest absolute Gasteiger partial charge is 0.252 e. The van der Waals surface area contributed by atoms with Gasteiger partial charge < -0.3 is 9.88 Å². The van der Waals surface area contributed by atoms with Gasteiger partial charge >= 0.3 is 0 Å². The van der Waals surface area contributed by atoms with Crippen molar-refractivity contribution in [3.8, 4) is 0 Å². The lowest BCUT2D eigenvalue weighted by Crippen LogP contribution is -2.36. The average molecular weight is 491 g/mol. The van der Waals surface area contributed by atoms with E-state index in [0.29, 0.717) is 24.5 Å². The van der Waals surface area contributed by atoms with Crippen LogP contribution in [-0.2, 0) is 17.1 Å². The van der Waals surface area contributed by atoms with Crippen molar-refractivity contribution in [3.63, 3.8) is 0 Å². The first kappa shape index (κ1) is 23.4. The van der Waals surface area contributed by atoms with Crippen LogP contribution in [0.2, 0.25) is 5.02 Å². The molecule has 174 valence electrons. The Hall–Kier alpha value is -2.75. The molecule has 1 amide bonds. The van der Waals surface area contributed by atoms with Crippen molar-refractivity contribution < 1.29 is 17.6 Å². The summed E-state index contributed by atoms with van der Waals surface area (Å²) >= 11 is 6.23. The number of carbonyl (C=O) groups excluding carboxylic acids is 1. The second kappa shape index (κ2) is 9.62. The SMILES string of the molecule is Cn1ccnc1C(NC(=O)c1ccc(Cl)c(S(=O)(=O)N2CCCCC2)c1)c1cccc(F)c1. The number of piperidine rings is 1. The number of imidazole rings is 1. The van der Waals surface area contributed by atoms with Crippen LogP contribution in [-0.4, -0.2) is 41.3 Å². The standard InChI is InChI=1S/C23H24ClFN4O3S/c1-28-13-10-26-22(28)21(16-6-5-7-18(25)14-16)27-23(30)17-8-9-19(24)20(15-17)33(31,32)29-11-3-2-4-12-29/h5-10,13-15,21H,2-4,11-12H2,1H3,(H,27,30). The Morgan fingerprint density at radius 2 is 1.91 bits per heavy atom. The van der Waals surface area contributed by atoms with Gasteiger partial charge in [0.25, 0.3) is 5.91 Å². The number of rotatable bonds is 6. The lowest BCUT2D eigenvalue weighted by Gasteiger charge is -2.26. The highest BCUT2D eigenvalue weighted by Crippen LogP contribution is 2.29. The van der Waals surface area contributed by atoms with Crippen molar-refractivity contribution in [2.45, 2.75) is 30.2 Å². The zero-order valence-electron chi connectivity index (χ0n) is 18.0. The van der Waals surface area contributed by atoms with E-state index in [1.807, 2.05) is 0 Å². The van der Waals surface area contributed by atoms with Crippen molar-refractivity contribution >= 4 is 27.5 Å². The summed E-state index contributed by atoms with van der Waals surface area (Å²) < 4.78 is 43.3. The molecule has 3 aromatic rings. The molecule has 33 heavy (non-hydrogen) atoms. The molecule has 0 radical (unpaired) electrons. The van der Waals surface area contributed by atoms with Crippen LogP contribution in [0.15, 0.2) is 59.8 Å². The maximum Gasteiger partial charge on any atom is 0.252 e. The second-order valence-electron chi connectivity index (χ2n) is 7.97. The number of hydrogen-bond acceptors (Lipinski definition) is 4. The molecule has 10 heteroatoms. The lowest BCUT2D eigenvalue weighted by molar-refractivity contribution is 0.0941. The Morgan fingerprint density at radius 1 is 1.15 bits per heavy atom. The van der Waals surface area contributed by atoms with Crippen LogP contribution in [0.25, 0.3) is 0 Å². The molecule has 4 rings (SSSR count). The summed E-state index contributed by atoms with van der Waals surface area (Å²) in [7, 11) is -2.06. The molecule has 0 spiro atoms. The number of amides is 1. The Bertz CT molecular complexity index is 1270. The maximum absolute atomic E-state index is 13.9. The van der Waals surface area contributed by atoms with Crippen LogP contribution in [0.1, 0.15) is 47.1 Å². The van der Waals surface area contributed by atoms with Gasteiger partial charge in [-0.25, -0.2) is 17.8 Å². The number of nitrogens with one attached hydrogen (secondary N) is 1. The highest BCUT2D eigenvalue weighted by atomic mass is 35.5. The van der Waals surface area contributed by atoms with Crippen LogP contribution in [0, 0.1) is 5.82 Å². The molecule has 1 N–H and O–H groups in total. The summed E-state index contributed by atoms with van der Waals surface area (Å²) in [5.41, 5.74) is 0.637. The van der Waals surface area contributed by atoms with E-state index < -0.39 is 27.8 Å². The molecule has 2 heterocycles. The third-order valence-electron chi connectivity index (χ3n) is 5.70. The molecule has 1 unspecified atom stereocenters. The van der Waals surface area contributed by atoms with Crippen LogP contribution in [0.5, 0.6) is 0 Å². The maximum atomic E-state index is 13.9. The molecule has 0 saturated carbocycles. The van der Waals surface area contributed by atoms with Crippen molar-refractivity contribution in [1.82, 2.24) is 19.2 Å². The van der Waals surface area contributed by atoms with Crippen molar-refractivity contribution in [2.75, 3.05) is 13.1 Å². The van der Waals surface area contributed by atoms with E-state index in [1.165, 1.54) is 34.6 Å². The highest BCUT2D eigenvalue weighted by molar-refractivity contribution is 7.89. The molecule has 1 aliphatic heterocycles. The molecular weight excluding hydrogens is 467 g/mol. The third-order valence-corrected chi connectivity index (χ3v) is 8.08. The first-order valence-electron chi connectivity index (χ1n) is 10.6. The zero-order valence-corrected chi connectivity index (χ0v) is 19.6. The van der Waals surface area contributed by atoms with E-state index in [1.54, 1.807) is 36.1 Å². The molecule has 0 aliphatic carbocycles. The lowest BCUT2D eigenvalue weighted by atomic mass is 10.0. The van der Waals surface area contributed by atoms with E-state index in [2.05, 4.69) is 10.3 Å². The van der Waals surface area contributed by atoms with Crippen LogP contribution in [0.3, 0.4) is 0 Å². The van der Waals surface area contributed by atoms with Gasteiger partial charge in [0.2, 0.25) is 10.0 Å². The predicted octanol–water partition coefficient (Wildman–Crippen LogP) is 3.91. The van der Waals surface area contributed by atoms with E-state index >= 15 is 0 Å². The Balaban J connectivity index is 1.67. The fourth-order valence-corrected chi connectivity index (χ4v) is 5.96. The molecular formula is C23H24ClFN4O3S. The summed E-state index contributed by atoms with van der Waals surface area (Å²) in [4.78, 5) is 17.4. The highest BCUT2D eigenvalue weighted by Gasteiger charge is 2.29. The first-order valence-corrected chi connectivity index (χ1v) is 12.4. The van der Waals surface area contributed by atoms with E-state index in [-0.39, 0.29) is 15.5 Å². The van der Waals surface area contributed by atoms with Gasteiger partial charge in [-0.3, -0.25) is 4.79 Å². The topological polar surface area (TPSA) is 84.3 Å². The molecule has 1 saturated heterocycles. The fraction of sp³-hybridized carbons (Fsp3) is 0.304. The zero-order chi connectivity index (χ0) is 23.6. The molecule has 1 aromatic heterocycles. The normalized spacial score (nSPS) is 15.8. The average Bonchev–Trinajstić information content (AvgIpc) is 3.23. The number of benzene rings is 2. The van der Waals surface area contributed by atoms with Gasteiger partial charge in [-0.15, -0.1) is 0 Å². The molecule has 1 fully saturated rings. The van der Waals surface area contributed by atoms with Gasteiger partial charge in [-0.2, -0.15) is 4.31 Å². The summed E-state index contributed by atoms with van der Waals surface area (Å²) in [6, 6.07) is 9.31. The van der Waals surface area contributed by atoms with Gasteiger partial charge in [-0.1, -0.05) is 30.2 Å². The summed E-state index contributed by atoms with van der Waals surface area (Å²) in [6.45, 7) is 0.853. The van der Waals surface area contributed by atoms with Crippen molar-refractivity contribution in [1.29, 1.82) is 0 Å². The fourth-order valence-electron chi connectivity index (χ4n) is 3.94. The Kier molecular flexibility index (Phi) is 6.83. The summed E-state index contributed by atoms with van der Waals surface area (Å²) in [6.07, 6.45) is 5.86. The number of sulfonamides is 1. The number of carbonyl (C=O) groups is 1. The van der Waals surface area contributed by atoms with Gasteiger partial charge in [0.1, 0.15) is 22.6 Å². The number of hydrogen-bond donors (Lipinski definition) is 1. The Labute approximate surface area is 197 Å². The molecule has 1 aliphatic rings. The van der Waals surface area contributed by atoms with Crippen molar-refractivity contribution in [3.05, 3.63) is 82.6 Å². The predicted molar refractivity (Wildman–Crippen MR) is 123 cm³/mol. The number of nitrogens with zero attached hydrogens (tertiary/aromatic N) is 3. The molecule has 7 nitrogen and oxygen atoms in total. The van der Waals surface area contributed by atoms with Gasteiger partial charge in [0.05, 0.1) is 5.02 Å². The number of aromatic nitrogens is 2. The van der Waals surface area contributed by atoms with Gasteiger partial charge in [0.15, 0.2) is 0 Å². The minimum absolute atomic E-state index is 0.0582. The minimum atomic E-state index is -3.83. The molecule has 0 bridgehead atoms. The Morgan fingerprint density at radius 3 is 2.58 bits per heavy atom. The largest absolute Gasteiger partial charge is 0.338 e. The third kappa shape index (κ3) is 4.95. The molecule has 2 aromatic carbocycles. The van der Waals surface area contributed by atoms with E-state index in [4.69, 9.17) is 11.6 Å². The van der Waals surface area contributed by atoms with Crippen LogP contribution in [0.4, 0.5) is 4.39 Å². The first-order chi connectivity index (χ1) is 15.8. The summed E-state index contributed by atoms with van der Waals surface area (Å²) in [5, 5.41) is 2.92. The second-order valence-corrected chi connectivity index (χ2v) is 10.3. The van der Waals surface area contributed by atoms with E-state index in [9.17, 15) is 17.6 Å². The monoisotopic (exact) mass is 490 g/mol. The quantitative estimate of drug-likeness (QED) is 0.568. The van der Waals surface area contributed by atoms with Crippen LogP contribution < -0.4 is 5.32 Å².